The van der Waals surface area contributed by atoms with E-state index in [1.165, 1.54) is 18.2 Å². The van der Waals surface area contributed by atoms with E-state index in [2.05, 4.69) is 4.72 Å². The number of nitrogens with one attached hydrogen (secondary N) is 1. The van der Waals surface area contributed by atoms with Crippen LogP contribution in [-0.2, 0) is 10.0 Å². The molecule has 0 fully saturated rings. The highest BCUT2D eigenvalue weighted by molar-refractivity contribution is 7.92. The number of halogens is 4. The Morgan fingerprint density at radius 3 is 2.29 bits per heavy atom. The predicted molar refractivity (Wildman–Crippen MR) is 83.1 cm³/mol. The highest BCUT2D eigenvalue weighted by atomic mass is 35.5. The molecule has 0 unspecified atom stereocenters. The molecule has 4 nitrogen and oxygen atoms in total. The maximum Gasteiger partial charge on any atom is 0.264 e. The summed E-state index contributed by atoms with van der Waals surface area (Å²) in [6.45, 7) is 0. The molecule has 0 saturated heterocycles. The third-order valence-electron chi connectivity index (χ3n) is 2.48. The van der Waals surface area contributed by atoms with Crippen LogP contribution in [0, 0.1) is 5.82 Å². The summed E-state index contributed by atoms with van der Waals surface area (Å²) < 4.78 is 40.4. The van der Waals surface area contributed by atoms with Crippen LogP contribution in [0.5, 0.6) is 0 Å². The van der Waals surface area contributed by atoms with Crippen molar-refractivity contribution in [3.8, 4) is 0 Å². The summed E-state index contributed by atoms with van der Waals surface area (Å²) >= 11 is 17.1. The molecule has 0 amide bonds. The molecule has 0 aromatic heterocycles. The van der Waals surface area contributed by atoms with E-state index in [9.17, 15) is 12.8 Å². The molecule has 21 heavy (non-hydrogen) atoms. The normalized spacial score (nSPS) is 11.4. The molecule has 0 aliphatic rings. The van der Waals surface area contributed by atoms with Gasteiger partial charge < -0.3 is 5.73 Å². The zero-order valence-corrected chi connectivity index (χ0v) is 13.3. The first-order valence-corrected chi connectivity index (χ1v) is 8.05. The van der Waals surface area contributed by atoms with Crippen LogP contribution in [0.4, 0.5) is 15.8 Å². The number of hydrogen-bond donors (Lipinski definition) is 2. The fourth-order valence-corrected chi connectivity index (χ4v) is 3.32. The van der Waals surface area contributed by atoms with Crippen LogP contribution in [0.3, 0.4) is 0 Å². The van der Waals surface area contributed by atoms with Gasteiger partial charge in [0, 0.05) is 5.69 Å². The fraction of sp³-hybridized carbons (Fsp3) is 0. The smallest absolute Gasteiger partial charge is 0.264 e. The predicted octanol–water partition coefficient (Wildman–Crippen LogP) is 4.17. The van der Waals surface area contributed by atoms with Gasteiger partial charge in [0.1, 0.15) is 4.90 Å². The molecule has 2 aromatic rings. The molecule has 0 aliphatic heterocycles. The van der Waals surface area contributed by atoms with E-state index < -0.39 is 20.7 Å². The van der Waals surface area contributed by atoms with Crippen molar-refractivity contribution >= 4 is 56.2 Å². The lowest BCUT2D eigenvalue weighted by Crippen LogP contribution is -2.15. The summed E-state index contributed by atoms with van der Waals surface area (Å²) in [5, 5.41) is 0.0326. The Bertz CT molecular complexity index is 812. The Balaban J connectivity index is 2.45. The maximum absolute atomic E-state index is 13.9. The van der Waals surface area contributed by atoms with E-state index >= 15 is 0 Å². The van der Waals surface area contributed by atoms with Gasteiger partial charge in [-0.05, 0) is 30.3 Å². The molecular weight excluding hydrogens is 362 g/mol. The minimum Gasteiger partial charge on any atom is -0.399 e. The fourth-order valence-electron chi connectivity index (χ4n) is 1.55. The van der Waals surface area contributed by atoms with Crippen molar-refractivity contribution < 1.29 is 12.8 Å². The van der Waals surface area contributed by atoms with Crippen LogP contribution in [0.2, 0.25) is 15.1 Å². The third-order valence-corrected chi connectivity index (χ3v) is 4.87. The molecule has 2 rings (SSSR count). The molecule has 112 valence electrons. The number of nitrogens with two attached hydrogens (primary N) is 1. The zero-order valence-electron chi connectivity index (χ0n) is 10.2. The molecule has 0 radical (unpaired) electrons. The van der Waals surface area contributed by atoms with Crippen LogP contribution in [0.25, 0.3) is 0 Å². The second-order valence-corrected chi connectivity index (χ2v) is 6.92. The number of hydrogen-bond acceptors (Lipinski definition) is 3. The molecule has 0 heterocycles. The van der Waals surface area contributed by atoms with Crippen LogP contribution < -0.4 is 10.5 Å². The Labute approximate surface area is 135 Å². The zero-order chi connectivity index (χ0) is 15.8. The van der Waals surface area contributed by atoms with Gasteiger partial charge in [0.2, 0.25) is 0 Å². The van der Waals surface area contributed by atoms with Gasteiger partial charge >= 0.3 is 0 Å². The standard InChI is InChI=1S/C12H8Cl3FN2O2S/c13-8-2-1-7(5-9(8)14)18-21(19,20)11-4-6(17)3-10(15)12(11)16/h1-5,18H,17H2. The van der Waals surface area contributed by atoms with Crippen molar-refractivity contribution in [3.05, 3.63) is 51.2 Å². The van der Waals surface area contributed by atoms with Crippen LogP contribution in [0.15, 0.2) is 35.2 Å². The van der Waals surface area contributed by atoms with E-state index in [-0.39, 0.29) is 26.4 Å². The summed E-state index contributed by atoms with van der Waals surface area (Å²) in [6, 6.07) is 6.19. The van der Waals surface area contributed by atoms with E-state index in [1.807, 2.05) is 0 Å². The topological polar surface area (TPSA) is 72.2 Å². The quantitative estimate of drug-likeness (QED) is 0.798. The number of nitrogen functional groups attached to an aromatic ring is 1. The maximum atomic E-state index is 13.9. The molecule has 3 N–H and O–H groups in total. The highest BCUT2D eigenvalue weighted by Gasteiger charge is 2.22. The van der Waals surface area contributed by atoms with E-state index in [4.69, 9.17) is 40.5 Å². The summed E-state index contributed by atoms with van der Waals surface area (Å²) in [5.74, 6) is -1.08. The number of anilines is 2. The van der Waals surface area contributed by atoms with E-state index in [0.717, 1.165) is 12.1 Å². The van der Waals surface area contributed by atoms with Gasteiger partial charge in [0.15, 0.2) is 5.82 Å². The number of benzene rings is 2. The van der Waals surface area contributed by atoms with Crippen molar-refractivity contribution in [2.24, 2.45) is 0 Å². The third kappa shape index (κ3) is 3.52. The van der Waals surface area contributed by atoms with E-state index in [1.54, 1.807) is 0 Å². The highest BCUT2D eigenvalue weighted by Crippen LogP contribution is 2.29. The lowest BCUT2D eigenvalue weighted by atomic mass is 10.3. The van der Waals surface area contributed by atoms with Gasteiger partial charge in [-0.3, -0.25) is 4.72 Å². The lowest BCUT2D eigenvalue weighted by Gasteiger charge is -2.11. The Morgan fingerprint density at radius 2 is 1.67 bits per heavy atom. The van der Waals surface area contributed by atoms with Crippen molar-refractivity contribution in [2.75, 3.05) is 10.5 Å². The van der Waals surface area contributed by atoms with Crippen molar-refractivity contribution in [1.29, 1.82) is 0 Å². The summed E-state index contributed by atoms with van der Waals surface area (Å²) in [7, 11) is -4.21. The first-order valence-electron chi connectivity index (χ1n) is 5.43. The van der Waals surface area contributed by atoms with Crippen molar-refractivity contribution in [1.82, 2.24) is 0 Å². The average Bonchev–Trinajstić information content (AvgIpc) is 2.37. The molecule has 9 heteroatoms. The van der Waals surface area contributed by atoms with Crippen molar-refractivity contribution in [2.45, 2.75) is 4.90 Å². The van der Waals surface area contributed by atoms with Crippen LogP contribution in [-0.4, -0.2) is 8.42 Å². The van der Waals surface area contributed by atoms with Gasteiger partial charge in [0.05, 0.1) is 20.8 Å². The molecule has 0 bridgehead atoms. The Morgan fingerprint density at radius 1 is 1.00 bits per heavy atom. The second kappa shape index (κ2) is 5.88. The molecule has 0 aliphatic carbocycles. The molecule has 0 spiro atoms. The molecule has 2 aromatic carbocycles. The minimum atomic E-state index is -4.21. The molecular formula is C12H8Cl3FN2O2S. The monoisotopic (exact) mass is 368 g/mol. The largest absolute Gasteiger partial charge is 0.399 e. The van der Waals surface area contributed by atoms with Crippen LogP contribution >= 0.6 is 34.8 Å². The first kappa shape index (κ1) is 16.2. The van der Waals surface area contributed by atoms with Gasteiger partial charge in [0.25, 0.3) is 10.0 Å². The Hall–Kier alpha value is -1.21. The summed E-state index contributed by atoms with van der Waals surface area (Å²) in [5.41, 5.74) is 5.63. The summed E-state index contributed by atoms with van der Waals surface area (Å²) in [4.78, 5) is -0.654. The number of sulfonamides is 1. The van der Waals surface area contributed by atoms with Gasteiger partial charge in [-0.25, -0.2) is 12.8 Å². The van der Waals surface area contributed by atoms with Gasteiger partial charge in [-0.2, -0.15) is 0 Å². The lowest BCUT2D eigenvalue weighted by molar-refractivity contribution is 0.571. The SMILES string of the molecule is Nc1cc(Cl)c(F)c(S(=O)(=O)Nc2ccc(Cl)c(Cl)c2)c1. The molecule has 0 saturated carbocycles. The Kier molecular flexibility index (Phi) is 4.53. The summed E-state index contributed by atoms with van der Waals surface area (Å²) in [6.07, 6.45) is 0. The van der Waals surface area contributed by atoms with E-state index in [0.29, 0.717) is 0 Å². The van der Waals surface area contributed by atoms with Gasteiger partial charge in [-0.15, -0.1) is 0 Å². The average molecular weight is 370 g/mol. The van der Waals surface area contributed by atoms with Crippen molar-refractivity contribution in [3.63, 3.8) is 0 Å². The minimum absolute atomic E-state index is 0.0240. The first-order chi connectivity index (χ1) is 9.70. The second-order valence-electron chi connectivity index (χ2n) is 4.05. The van der Waals surface area contributed by atoms with Gasteiger partial charge in [-0.1, -0.05) is 34.8 Å². The van der Waals surface area contributed by atoms with Crippen LogP contribution in [0.1, 0.15) is 0 Å². The molecule has 0 atom stereocenters. The number of rotatable bonds is 3.